The molecule has 8 nitrogen and oxygen atoms in total. The second kappa shape index (κ2) is 8.02. The highest BCUT2D eigenvalue weighted by Gasteiger charge is 2.49. The standard InChI is InChI=1S/C24H27N5O3/c25-23(32)24(28-12-4-1-5-13-28)10-15-27(16-11-24)21(30)18-8-6-14-29-20(18)26-19-9-3-2-7-17(19)22(29)31/h2-3,6-9,14H,1,4-5,10-13,15-16H2,(H2,25,32)/p+1. The Balaban J connectivity index is 1.45. The number of hydrogen-bond acceptors (Lipinski definition) is 4. The molecule has 0 saturated carbocycles. The van der Waals surface area contributed by atoms with Gasteiger partial charge in [-0.3, -0.25) is 18.8 Å². The number of quaternary nitrogens is 1. The molecule has 0 bridgehead atoms. The maximum atomic E-state index is 13.5. The highest BCUT2D eigenvalue weighted by Crippen LogP contribution is 2.23. The Kier molecular flexibility index (Phi) is 5.17. The Labute approximate surface area is 185 Å². The fourth-order valence-corrected chi connectivity index (χ4v) is 5.43. The highest BCUT2D eigenvalue weighted by atomic mass is 16.2. The van der Waals surface area contributed by atoms with Crippen LogP contribution in [0.1, 0.15) is 42.5 Å². The second-order valence-electron chi connectivity index (χ2n) is 8.95. The summed E-state index contributed by atoms with van der Waals surface area (Å²) in [6, 6.07) is 10.6. The Hall–Kier alpha value is -3.26. The summed E-state index contributed by atoms with van der Waals surface area (Å²) in [6.45, 7) is 2.84. The number of nitrogens with one attached hydrogen (secondary N) is 1. The summed E-state index contributed by atoms with van der Waals surface area (Å²) in [5, 5.41) is 0.517. The molecule has 0 radical (unpaired) electrons. The summed E-state index contributed by atoms with van der Waals surface area (Å²) < 4.78 is 1.44. The van der Waals surface area contributed by atoms with Crippen molar-refractivity contribution >= 4 is 28.4 Å². The van der Waals surface area contributed by atoms with E-state index in [1.807, 2.05) is 6.07 Å². The molecule has 166 valence electrons. The van der Waals surface area contributed by atoms with E-state index in [1.165, 1.54) is 15.7 Å². The summed E-state index contributed by atoms with van der Waals surface area (Å²) >= 11 is 0. The molecule has 5 rings (SSSR count). The number of amides is 2. The molecule has 2 amide bonds. The van der Waals surface area contributed by atoms with Gasteiger partial charge in [0.25, 0.3) is 17.4 Å². The summed E-state index contributed by atoms with van der Waals surface area (Å²) in [5.41, 5.74) is 6.43. The van der Waals surface area contributed by atoms with Gasteiger partial charge in [0.1, 0.15) is 0 Å². The molecule has 4 heterocycles. The van der Waals surface area contributed by atoms with Crippen LogP contribution in [0.3, 0.4) is 0 Å². The zero-order valence-electron chi connectivity index (χ0n) is 18.0. The van der Waals surface area contributed by atoms with Gasteiger partial charge >= 0.3 is 0 Å². The Morgan fingerprint density at radius 2 is 1.72 bits per heavy atom. The van der Waals surface area contributed by atoms with Gasteiger partial charge in [-0.15, -0.1) is 0 Å². The topological polar surface area (TPSA) is 102 Å². The molecule has 0 spiro atoms. The predicted molar refractivity (Wildman–Crippen MR) is 121 cm³/mol. The molecule has 32 heavy (non-hydrogen) atoms. The van der Waals surface area contributed by atoms with Gasteiger partial charge in [-0.25, -0.2) is 4.98 Å². The van der Waals surface area contributed by atoms with Crippen LogP contribution in [-0.4, -0.2) is 57.8 Å². The molecular weight excluding hydrogens is 406 g/mol. The fraction of sp³-hybridized carbons (Fsp3) is 0.417. The van der Waals surface area contributed by atoms with Crippen LogP contribution in [0, 0.1) is 0 Å². The summed E-state index contributed by atoms with van der Waals surface area (Å²) in [5.74, 6) is -0.427. The molecule has 0 unspecified atom stereocenters. The maximum absolute atomic E-state index is 13.5. The third-order valence-corrected chi connectivity index (χ3v) is 7.29. The van der Waals surface area contributed by atoms with Crippen LogP contribution in [0.5, 0.6) is 0 Å². The number of carbonyl (C=O) groups is 2. The van der Waals surface area contributed by atoms with Crippen LogP contribution < -0.4 is 16.2 Å². The lowest BCUT2D eigenvalue weighted by Crippen LogP contribution is -3.22. The number of para-hydroxylation sites is 1. The Bertz CT molecular complexity index is 1250. The molecule has 2 aliphatic rings. The first-order valence-corrected chi connectivity index (χ1v) is 11.4. The first-order chi connectivity index (χ1) is 15.5. The number of aromatic nitrogens is 2. The lowest BCUT2D eigenvalue weighted by atomic mass is 9.83. The van der Waals surface area contributed by atoms with E-state index in [4.69, 9.17) is 5.73 Å². The number of nitrogens with zero attached hydrogens (tertiary/aromatic N) is 3. The number of primary amides is 1. The number of rotatable bonds is 3. The zero-order chi connectivity index (χ0) is 22.3. The number of benzene rings is 1. The lowest BCUT2D eigenvalue weighted by Gasteiger charge is -2.45. The number of likely N-dealkylation sites (tertiary alicyclic amines) is 2. The van der Waals surface area contributed by atoms with Gasteiger partial charge < -0.3 is 15.5 Å². The van der Waals surface area contributed by atoms with E-state index in [0.29, 0.717) is 48.0 Å². The number of piperidine rings is 2. The van der Waals surface area contributed by atoms with Gasteiger partial charge in [0.2, 0.25) is 0 Å². The van der Waals surface area contributed by atoms with E-state index in [2.05, 4.69) is 4.98 Å². The fourth-order valence-electron chi connectivity index (χ4n) is 5.43. The van der Waals surface area contributed by atoms with E-state index >= 15 is 0 Å². The Morgan fingerprint density at radius 1 is 1.00 bits per heavy atom. The van der Waals surface area contributed by atoms with E-state index in [1.54, 1.807) is 41.4 Å². The van der Waals surface area contributed by atoms with Gasteiger partial charge in [0.15, 0.2) is 11.2 Å². The number of fused-ring (bicyclic) bond motifs is 2. The van der Waals surface area contributed by atoms with Crippen LogP contribution >= 0.6 is 0 Å². The van der Waals surface area contributed by atoms with Crippen LogP contribution in [-0.2, 0) is 4.79 Å². The van der Waals surface area contributed by atoms with Gasteiger partial charge in [-0.2, -0.15) is 0 Å². The first kappa shape index (κ1) is 20.6. The van der Waals surface area contributed by atoms with Crippen LogP contribution in [0.25, 0.3) is 16.6 Å². The molecule has 2 fully saturated rings. The minimum absolute atomic E-state index is 0.169. The Morgan fingerprint density at radius 3 is 2.44 bits per heavy atom. The SMILES string of the molecule is NC(=O)C1([NH+]2CCCCC2)CCN(C(=O)c2cccn3c(=O)c4ccccc4nc23)CC1. The molecular formula is C24H28N5O3+. The van der Waals surface area contributed by atoms with E-state index in [0.717, 1.165) is 25.9 Å². The van der Waals surface area contributed by atoms with Crippen molar-refractivity contribution in [2.45, 2.75) is 37.6 Å². The highest BCUT2D eigenvalue weighted by molar-refractivity contribution is 6.00. The van der Waals surface area contributed by atoms with E-state index < -0.39 is 5.54 Å². The molecule has 3 N–H and O–H groups in total. The molecule has 0 aliphatic carbocycles. The van der Waals surface area contributed by atoms with Crippen molar-refractivity contribution in [1.29, 1.82) is 0 Å². The van der Waals surface area contributed by atoms with Gasteiger partial charge in [-0.05, 0) is 43.5 Å². The van der Waals surface area contributed by atoms with E-state index in [9.17, 15) is 14.4 Å². The van der Waals surface area contributed by atoms with Gasteiger partial charge in [-0.1, -0.05) is 12.1 Å². The molecule has 1 aromatic carbocycles. The van der Waals surface area contributed by atoms with Gasteiger partial charge in [0, 0.05) is 32.1 Å². The predicted octanol–water partition coefficient (Wildman–Crippen LogP) is 0.377. The third kappa shape index (κ3) is 3.26. The smallest absolute Gasteiger partial charge is 0.278 e. The quantitative estimate of drug-likeness (QED) is 0.582. The molecule has 8 heteroatoms. The number of carbonyl (C=O) groups excluding carboxylic acids is 2. The zero-order valence-corrected chi connectivity index (χ0v) is 18.0. The van der Waals surface area contributed by atoms with Crippen molar-refractivity contribution in [3.8, 4) is 0 Å². The van der Waals surface area contributed by atoms with Crippen molar-refractivity contribution < 1.29 is 14.5 Å². The molecule has 2 aromatic heterocycles. The van der Waals surface area contributed by atoms with Crippen LogP contribution in [0.2, 0.25) is 0 Å². The second-order valence-corrected chi connectivity index (χ2v) is 8.95. The van der Waals surface area contributed by atoms with Crippen molar-refractivity contribution in [2.75, 3.05) is 26.2 Å². The van der Waals surface area contributed by atoms with Gasteiger partial charge in [0.05, 0.1) is 29.6 Å². The molecule has 2 aliphatic heterocycles. The lowest BCUT2D eigenvalue weighted by molar-refractivity contribution is -0.948. The average Bonchev–Trinajstić information content (AvgIpc) is 2.84. The summed E-state index contributed by atoms with van der Waals surface area (Å²) in [7, 11) is 0. The van der Waals surface area contributed by atoms with Crippen molar-refractivity contribution in [2.24, 2.45) is 5.73 Å². The number of pyridine rings is 1. The monoisotopic (exact) mass is 434 g/mol. The minimum atomic E-state index is -0.596. The molecule has 2 saturated heterocycles. The van der Waals surface area contributed by atoms with Crippen LogP contribution in [0.4, 0.5) is 0 Å². The largest absolute Gasteiger partial charge is 0.364 e. The molecule has 3 aromatic rings. The minimum Gasteiger partial charge on any atom is -0.364 e. The van der Waals surface area contributed by atoms with Crippen molar-refractivity contribution in [1.82, 2.24) is 14.3 Å². The maximum Gasteiger partial charge on any atom is 0.278 e. The normalized spacial score (nSPS) is 19.3. The molecule has 0 atom stereocenters. The first-order valence-electron chi connectivity index (χ1n) is 11.4. The third-order valence-electron chi connectivity index (χ3n) is 7.29. The summed E-state index contributed by atoms with van der Waals surface area (Å²) in [6.07, 6.45) is 6.18. The van der Waals surface area contributed by atoms with Crippen LogP contribution in [0.15, 0.2) is 47.4 Å². The summed E-state index contributed by atoms with van der Waals surface area (Å²) in [4.78, 5) is 46.6. The average molecular weight is 435 g/mol. The van der Waals surface area contributed by atoms with Crippen molar-refractivity contribution in [3.05, 3.63) is 58.5 Å². The number of hydrogen-bond donors (Lipinski definition) is 2. The van der Waals surface area contributed by atoms with Crippen molar-refractivity contribution in [3.63, 3.8) is 0 Å². The number of nitrogens with two attached hydrogens (primary N) is 1. The van der Waals surface area contributed by atoms with E-state index in [-0.39, 0.29) is 17.4 Å².